The first-order chi connectivity index (χ1) is 18.0. The number of amides is 2. The third-order valence-corrected chi connectivity index (χ3v) is 7.46. The molecule has 3 aromatic rings. The van der Waals surface area contributed by atoms with E-state index in [1.54, 1.807) is 7.11 Å². The van der Waals surface area contributed by atoms with Crippen molar-refractivity contribution in [3.05, 3.63) is 90.0 Å². The number of carbonyl (C=O) groups excluding carboxylic acids is 3. The molecule has 0 fully saturated rings. The van der Waals surface area contributed by atoms with Crippen LogP contribution in [0.2, 0.25) is 0 Å². The smallest absolute Gasteiger partial charge is 0.307 e. The van der Waals surface area contributed by atoms with Crippen LogP contribution in [0, 0.1) is 0 Å². The molecule has 9 heteroatoms. The number of hydrazone groups is 1. The minimum Gasteiger partial charge on any atom is -0.497 e. The highest BCUT2D eigenvalue weighted by atomic mass is 32.2. The van der Waals surface area contributed by atoms with Gasteiger partial charge in [-0.2, -0.15) is 5.10 Å². The van der Waals surface area contributed by atoms with Crippen LogP contribution in [0.25, 0.3) is 0 Å². The van der Waals surface area contributed by atoms with Crippen molar-refractivity contribution in [2.75, 3.05) is 19.0 Å². The van der Waals surface area contributed by atoms with Gasteiger partial charge in [0.05, 0.1) is 36.2 Å². The highest BCUT2D eigenvalue weighted by Gasteiger charge is 2.34. The van der Waals surface area contributed by atoms with Crippen LogP contribution in [-0.2, 0) is 19.1 Å². The summed E-state index contributed by atoms with van der Waals surface area (Å²) in [4.78, 5) is 39.0. The maximum Gasteiger partial charge on any atom is 0.307 e. The van der Waals surface area contributed by atoms with Crippen LogP contribution >= 0.6 is 11.8 Å². The van der Waals surface area contributed by atoms with E-state index in [1.165, 1.54) is 16.8 Å². The Hall–Kier alpha value is -4.11. The van der Waals surface area contributed by atoms with E-state index in [0.717, 1.165) is 27.4 Å². The first-order valence-electron chi connectivity index (χ1n) is 11.8. The molecule has 0 saturated heterocycles. The number of esters is 1. The van der Waals surface area contributed by atoms with E-state index >= 15 is 0 Å². The van der Waals surface area contributed by atoms with Gasteiger partial charge in [-0.1, -0.05) is 54.6 Å². The first-order valence-corrected chi connectivity index (χ1v) is 12.7. The number of rotatable bonds is 7. The van der Waals surface area contributed by atoms with Crippen molar-refractivity contribution in [3.8, 4) is 5.75 Å². The van der Waals surface area contributed by atoms with E-state index in [-0.39, 0.29) is 18.4 Å². The summed E-state index contributed by atoms with van der Waals surface area (Å²) < 4.78 is 10.6. The van der Waals surface area contributed by atoms with Gasteiger partial charge in [-0.3, -0.25) is 14.4 Å². The lowest BCUT2D eigenvalue weighted by Gasteiger charge is -2.24. The lowest BCUT2D eigenvalue weighted by atomic mass is 9.98. The van der Waals surface area contributed by atoms with Crippen molar-refractivity contribution in [1.29, 1.82) is 0 Å². The number of benzene rings is 3. The first kappa shape index (κ1) is 24.6. The Bertz CT molecular complexity index is 1340. The Morgan fingerprint density at radius 2 is 1.76 bits per heavy atom. The van der Waals surface area contributed by atoms with Crippen molar-refractivity contribution in [1.82, 2.24) is 5.01 Å². The maximum atomic E-state index is 13.2. The number of carbonyl (C=O) groups is 3. The lowest BCUT2D eigenvalue weighted by Crippen LogP contribution is -2.34. The van der Waals surface area contributed by atoms with E-state index in [1.807, 2.05) is 78.9 Å². The minimum absolute atomic E-state index is 0.140. The normalized spacial score (nSPS) is 18.5. The number of nitrogens with one attached hydrogen (secondary N) is 1. The number of fused-ring (bicyclic) bond motifs is 1. The molecule has 3 aromatic carbocycles. The second-order valence-corrected chi connectivity index (χ2v) is 9.85. The lowest BCUT2D eigenvalue weighted by molar-refractivity contribution is -0.153. The fraction of sp³-hybridized carbons (Fsp3) is 0.214. The highest BCUT2D eigenvalue weighted by molar-refractivity contribution is 8.01. The molecule has 37 heavy (non-hydrogen) atoms. The van der Waals surface area contributed by atoms with Gasteiger partial charge in [0.25, 0.3) is 5.91 Å². The van der Waals surface area contributed by atoms with Crippen molar-refractivity contribution in [2.45, 2.75) is 29.0 Å². The summed E-state index contributed by atoms with van der Waals surface area (Å²) >= 11 is 1.31. The molecule has 0 unspecified atom stereocenters. The third kappa shape index (κ3) is 5.51. The predicted octanol–water partition coefficient (Wildman–Crippen LogP) is 4.42. The van der Waals surface area contributed by atoms with Crippen molar-refractivity contribution in [2.24, 2.45) is 5.10 Å². The standard InChI is InChI=1S/C28H25N3O5S/c1-35-20-13-11-19(12-14-20)23-15-22(18-7-3-2-4-8-18)30-31(23)26(32)17-36-27(33)16-25-28(34)29-21-9-5-6-10-24(21)37-25/h2-14,23,25H,15-17H2,1H3,(H,29,34)/t23-,25-/m0/s1. The van der Waals surface area contributed by atoms with Gasteiger partial charge in [-0.05, 0) is 35.4 Å². The summed E-state index contributed by atoms with van der Waals surface area (Å²) in [6, 6.07) is 24.2. The van der Waals surface area contributed by atoms with Crippen LogP contribution in [0.4, 0.5) is 5.69 Å². The summed E-state index contributed by atoms with van der Waals surface area (Å²) in [6.45, 7) is -0.466. The molecule has 0 spiro atoms. The molecule has 2 aliphatic heterocycles. The molecular weight excluding hydrogens is 490 g/mol. The van der Waals surface area contributed by atoms with Crippen LogP contribution in [0.3, 0.4) is 0 Å². The molecule has 0 bridgehead atoms. The van der Waals surface area contributed by atoms with E-state index in [2.05, 4.69) is 10.4 Å². The van der Waals surface area contributed by atoms with Gasteiger partial charge in [-0.25, -0.2) is 5.01 Å². The van der Waals surface area contributed by atoms with E-state index < -0.39 is 23.7 Å². The van der Waals surface area contributed by atoms with Gasteiger partial charge in [0.1, 0.15) is 5.75 Å². The fourth-order valence-corrected chi connectivity index (χ4v) is 5.37. The second kappa shape index (κ2) is 10.9. The molecule has 2 heterocycles. The van der Waals surface area contributed by atoms with Gasteiger partial charge in [0.15, 0.2) is 6.61 Å². The molecule has 2 amide bonds. The Morgan fingerprint density at radius 3 is 2.51 bits per heavy atom. The zero-order valence-electron chi connectivity index (χ0n) is 20.1. The second-order valence-electron chi connectivity index (χ2n) is 8.60. The zero-order chi connectivity index (χ0) is 25.8. The summed E-state index contributed by atoms with van der Waals surface area (Å²) in [6.07, 6.45) is 0.382. The van der Waals surface area contributed by atoms with Crippen LogP contribution in [0.1, 0.15) is 30.0 Å². The Balaban J connectivity index is 1.26. The van der Waals surface area contributed by atoms with Crippen LogP contribution in [0.5, 0.6) is 5.75 Å². The number of hydrogen-bond acceptors (Lipinski definition) is 7. The summed E-state index contributed by atoms with van der Waals surface area (Å²) in [7, 11) is 1.60. The third-order valence-electron chi connectivity index (χ3n) is 6.19. The summed E-state index contributed by atoms with van der Waals surface area (Å²) in [5.74, 6) is -0.604. The van der Waals surface area contributed by atoms with Gasteiger partial charge in [-0.15, -0.1) is 11.8 Å². The fourth-order valence-electron chi connectivity index (χ4n) is 4.28. The number of nitrogens with zero attached hydrogens (tertiary/aromatic N) is 2. The minimum atomic E-state index is -0.626. The molecule has 2 atom stereocenters. The highest BCUT2D eigenvalue weighted by Crippen LogP contribution is 2.37. The summed E-state index contributed by atoms with van der Waals surface area (Å²) in [5.41, 5.74) is 3.32. The van der Waals surface area contributed by atoms with E-state index in [4.69, 9.17) is 9.47 Å². The molecule has 8 nitrogen and oxygen atoms in total. The van der Waals surface area contributed by atoms with Crippen LogP contribution in [0.15, 0.2) is 88.9 Å². The molecule has 0 saturated carbocycles. The SMILES string of the molecule is COc1ccc([C@@H]2CC(c3ccccc3)=NN2C(=O)COC(=O)C[C@@H]2Sc3ccccc3NC2=O)cc1. The molecule has 188 valence electrons. The topological polar surface area (TPSA) is 97.3 Å². The molecule has 0 radical (unpaired) electrons. The van der Waals surface area contributed by atoms with Crippen molar-refractivity contribution >= 4 is 40.9 Å². The van der Waals surface area contributed by atoms with Crippen molar-refractivity contribution < 1.29 is 23.9 Å². The van der Waals surface area contributed by atoms with Gasteiger partial charge in [0.2, 0.25) is 5.91 Å². The Labute approximate surface area is 218 Å². The van der Waals surface area contributed by atoms with E-state index in [0.29, 0.717) is 12.2 Å². The van der Waals surface area contributed by atoms with Gasteiger partial charge < -0.3 is 14.8 Å². The average Bonchev–Trinajstić information content (AvgIpc) is 3.38. The molecule has 1 N–H and O–H groups in total. The van der Waals surface area contributed by atoms with Gasteiger partial charge in [0, 0.05) is 11.3 Å². The van der Waals surface area contributed by atoms with Crippen LogP contribution < -0.4 is 10.1 Å². The number of thioether (sulfide) groups is 1. The monoisotopic (exact) mass is 515 g/mol. The molecule has 5 rings (SSSR count). The van der Waals surface area contributed by atoms with E-state index in [9.17, 15) is 14.4 Å². The number of hydrogen-bond donors (Lipinski definition) is 1. The molecule has 0 aliphatic carbocycles. The maximum absolute atomic E-state index is 13.2. The largest absolute Gasteiger partial charge is 0.497 e. The zero-order valence-corrected chi connectivity index (χ0v) is 20.9. The molecule has 0 aromatic heterocycles. The average molecular weight is 516 g/mol. The quantitative estimate of drug-likeness (QED) is 0.468. The number of para-hydroxylation sites is 1. The summed E-state index contributed by atoms with van der Waals surface area (Å²) in [5, 5.41) is 8.17. The molecule has 2 aliphatic rings. The number of anilines is 1. The molecular formula is C28H25N3O5S. The Morgan fingerprint density at radius 1 is 1.03 bits per heavy atom. The van der Waals surface area contributed by atoms with Crippen molar-refractivity contribution in [3.63, 3.8) is 0 Å². The van der Waals surface area contributed by atoms with Gasteiger partial charge >= 0.3 is 5.97 Å². The predicted molar refractivity (Wildman–Crippen MR) is 140 cm³/mol. The Kier molecular flexibility index (Phi) is 7.23. The number of methoxy groups -OCH3 is 1. The number of ether oxygens (including phenoxy) is 2. The van der Waals surface area contributed by atoms with Crippen LogP contribution in [-0.4, -0.2) is 47.5 Å².